The van der Waals surface area contributed by atoms with Gasteiger partial charge in [-0.2, -0.15) is 0 Å². The highest BCUT2D eigenvalue weighted by atomic mass is 16.5. The molecule has 0 radical (unpaired) electrons. The Labute approximate surface area is 219 Å². The summed E-state index contributed by atoms with van der Waals surface area (Å²) in [6, 6.07) is 13.8. The van der Waals surface area contributed by atoms with Crippen molar-refractivity contribution in [3.05, 3.63) is 82.9 Å². The van der Waals surface area contributed by atoms with Gasteiger partial charge in [0.05, 0.1) is 5.56 Å². The molecule has 1 spiro atoms. The Bertz CT molecular complexity index is 1280. The maximum atomic E-state index is 13.6. The van der Waals surface area contributed by atoms with Crippen LogP contribution in [0.3, 0.4) is 0 Å². The molecular formula is C30H36N4O3. The number of hydrogen-bond donors (Lipinski definition) is 0. The van der Waals surface area contributed by atoms with E-state index < -0.39 is 0 Å². The number of aromatic nitrogens is 2. The van der Waals surface area contributed by atoms with Crippen molar-refractivity contribution in [2.45, 2.75) is 46.6 Å². The standard InChI is InChI=1S/C30H36N4O3/c1-22-6-4-5-7-27(22)37-20-28(35)32-15-10-30(11-16-32)12-17-33(21-30)29(36)26-18-23(2)34(24(26)3)19-25-8-13-31-14-9-25/h4-9,13-14,18H,10-12,15-17,19-21H2,1-3H3. The molecule has 7 heteroatoms. The lowest BCUT2D eigenvalue weighted by Crippen LogP contribution is -2.46. The number of benzene rings is 1. The van der Waals surface area contributed by atoms with Crippen molar-refractivity contribution in [2.75, 3.05) is 32.8 Å². The van der Waals surface area contributed by atoms with Gasteiger partial charge in [-0.3, -0.25) is 14.6 Å². The molecule has 37 heavy (non-hydrogen) atoms. The van der Waals surface area contributed by atoms with Crippen molar-refractivity contribution >= 4 is 11.8 Å². The summed E-state index contributed by atoms with van der Waals surface area (Å²) in [6.45, 7) is 9.86. The Morgan fingerprint density at radius 2 is 1.62 bits per heavy atom. The second kappa shape index (κ2) is 10.4. The van der Waals surface area contributed by atoms with E-state index in [9.17, 15) is 9.59 Å². The number of likely N-dealkylation sites (tertiary alicyclic amines) is 2. The monoisotopic (exact) mass is 500 g/mol. The van der Waals surface area contributed by atoms with Crippen LogP contribution < -0.4 is 4.74 Å². The van der Waals surface area contributed by atoms with E-state index in [1.807, 2.05) is 66.1 Å². The summed E-state index contributed by atoms with van der Waals surface area (Å²) in [5.74, 6) is 0.913. The fourth-order valence-corrected chi connectivity index (χ4v) is 5.80. The normalized spacial score (nSPS) is 16.8. The first kappa shape index (κ1) is 25.1. The van der Waals surface area contributed by atoms with Crippen LogP contribution in [0.1, 0.15) is 52.1 Å². The van der Waals surface area contributed by atoms with Crippen molar-refractivity contribution < 1.29 is 14.3 Å². The fraction of sp³-hybridized carbons (Fsp3) is 0.433. The third-order valence-electron chi connectivity index (χ3n) is 8.24. The molecule has 0 unspecified atom stereocenters. The van der Waals surface area contributed by atoms with Crippen LogP contribution in [0.2, 0.25) is 0 Å². The minimum Gasteiger partial charge on any atom is -0.484 e. The molecule has 194 valence electrons. The smallest absolute Gasteiger partial charge is 0.260 e. The van der Waals surface area contributed by atoms with Gasteiger partial charge in [0.25, 0.3) is 11.8 Å². The quantitative estimate of drug-likeness (QED) is 0.504. The molecule has 0 saturated carbocycles. The van der Waals surface area contributed by atoms with Crippen LogP contribution in [0.4, 0.5) is 0 Å². The predicted molar refractivity (Wildman–Crippen MR) is 143 cm³/mol. The predicted octanol–water partition coefficient (Wildman–Crippen LogP) is 4.39. The van der Waals surface area contributed by atoms with Crippen LogP contribution in [-0.2, 0) is 11.3 Å². The molecule has 2 aliphatic heterocycles. The summed E-state index contributed by atoms with van der Waals surface area (Å²) in [7, 11) is 0. The van der Waals surface area contributed by atoms with Crippen molar-refractivity contribution in [1.82, 2.24) is 19.4 Å². The van der Waals surface area contributed by atoms with Gasteiger partial charge in [-0.05, 0) is 80.8 Å². The van der Waals surface area contributed by atoms with Crippen LogP contribution in [0.15, 0.2) is 54.9 Å². The highest BCUT2D eigenvalue weighted by molar-refractivity contribution is 5.96. The topological polar surface area (TPSA) is 67.7 Å². The lowest BCUT2D eigenvalue weighted by atomic mass is 9.78. The maximum Gasteiger partial charge on any atom is 0.260 e. The summed E-state index contributed by atoms with van der Waals surface area (Å²) in [5, 5.41) is 0. The number of pyridine rings is 1. The minimum absolute atomic E-state index is 0.0330. The number of carbonyl (C=O) groups excluding carboxylic acids is 2. The van der Waals surface area contributed by atoms with E-state index >= 15 is 0 Å². The number of carbonyl (C=O) groups is 2. The summed E-state index contributed by atoms with van der Waals surface area (Å²) >= 11 is 0. The molecule has 2 aliphatic rings. The number of piperidine rings is 1. The average molecular weight is 501 g/mol. The third-order valence-corrected chi connectivity index (χ3v) is 8.24. The number of rotatable bonds is 6. The van der Waals surface area contributed by atoms with Gasteiger partial charge in [0, 0.05) is 56.5 Å². The summed E-state index contributed by atoms with van der Waals surface area (Å²) in [5.41, 5.74) is 5.19. The molecule has 1 aromatic carbocycles. The summed E-state index contributed by atoms with van der Waals surface area (Å²) < 4.78 is 7.98. The van der Waals surface area contributed by atoms with Gasteiger partial charge in [-0.15, -0.1) is 0 Å². The highest BCUT2D eigenvalue weighted by Gasteiger charge is 2.43. The molecule has 7 nitrogen and oxygen atoms in total. The highest BCUT2D eigenvalue weighted by Crippen LogP contribution is 2.41. The van der Waals surface area contributed by atoms with Gasteiger partial charge >= 0.3 is 0 Å². The van der Waals surface area contributed by atoms with Gasteiger partial charge in [0.1, 0.15) is 5.75 Å². The molecule has 2 amide bonds. The molecule has 5 rings (SSSR count). The van der Waals surface area contributed by atoms with Crippen molar-refractivity contribution in [3.8, 4) is 5.75 Å². The minimum atomic E-state index is 0.0330. The van der Waals surface area contributed by atoms with Gasteiger partial charge in [-0.1, -0.05) is 18.2 Å². The van der Waals surface area contributed by atoms with Crippen LogP contribution in [-0.4, -0.2) is 64.0 Å². The second-order valence-electron chi connectivity index (χ2n) is 10.6. The number of para-hydroxylation sites is 1. The molecule has 4 heterocycles. The van der Waals surface area contributed by atoms with Gasteiger partial charge in [-0.25, -0.2) is 0 Å². The number of hydrogen-bond acceptors (Lipinski definition) is 4. The molecule has 0 atom stereocenters. The Morgan fingerprint density at radius 3 is 2.32 bits per heavy atom. The molecule has 0 bridgehead atoms. The van der Waals surface area contributed by atoms with E-state index in [0.717, 1.165) is 80.3 Å². The van der Waals surface area contributed by atoms with E-state index in [1.165, 1.54) is 5.56 Å². The molecule has 2 fully saturated rings. The van der Waals surface area contributed by atoms with Crippen LogP contribution >= 0.6 is 0 Å². The lowest BCUT2D eigenvalue weighted by molar-refractivity contribution is -0.135. The van der Waals surface area contributed by atoms with Crippen molar-refractivity contribution in [3.63, 3.8) is 0 Å². The molecule has 0 N–H and O–H groups in total. The Kier molecular flexibility index (Phi) is 7.04. The first-order valence-corrected chi connectivity index (χ1v) is 13.2. The van der Waals surface area contributed by atoms with Crippen LogP contribution in [0.25, 0.3) is 0 Å². The van der Waals surface area contributed by atoms with E-state index in [-0.39, 0.29) is 23.8 Å². The Balaban J connectivity index is 1.17. The molecule has 2 aromatic heterocycles. The fourth-order valence-electron chi connectivity index (χ4n) is 5.80. The van der Waals surface area contributed by atoms with Gasteiger partial charge < -0.3 is 19.1 Å². The van der Waals surface area contributed by atoms with E-state index in [1.54, 1.807) is 12.4 Å². The van der Waals surface area contributed by atoms with Crippen molar-refractivity contribution in [2.24, 2.45) is 5.41 Å². The molecule has 2 saturated heterocycles. The largest absolute Gasteiger partial charge is 0.484 e. The number of nitrogens with zero attached hydrogens (tertiary/aromatic N) is 4. The first-order chi connectivity index (χ1) is 17.8. The van der Waals surface area contributed by atoms with Gasteiger partial charge in [0.15, 0.2) is 6.61 Å². The Morgan fingerprint density at radius 1 is 0.946 bits per heavy atom. The second-order valence-corrected chi connectivity index (χ2v) is 10.6. The number of aryl methyl sites for hydroxylation is 2. The summed E-state index contributed by atoms with van der Waals surface area (Å²) in [6.07, 6.45) is 6.45. The van der Waals surface area contributed by atoms with E-state index in [2.05, 4.69) is 16.5 Å². The number of ether oxygens (including phenoxy) is 1. The molecular weight excluding hydrogens is 464 g/mol. The maximum absolute atomic E-state index is 13.6. The first-order valence-electron chi connectivity index (χ1n) is 13.2. The van der Waals surface area contributed by atoms with E-state index in [0.29, 0.717) is 0 Å². The third kappa shape index (κ3) is 5.26. The van der Waals surface area contributed by atoms with Crippen molar-refractivity contribution in [1.29, 1.82) is 0 Å². The Hall–Kier alpha value is -3.61. The van der Waals surface area contributed by atoms with E-state index in [4.69, 9.17) is 4.74 Å². The lowest BCUT2D eigenvalue weighted by Gasteiger charge is -2.39. The SMILES string of the molecule is Cc1ccccc1OCC(=O)N1CCC2(CC1)CCN(C(=O)c1cc(C)n(Cc3ccncc3)c1C)C2. The summed E-state index contributed by atoms with van der Waals surface area (Å²) in [4.78, 5) is 34.4. The van der Waals surface area contributed by atoms with Crippen LogP contribution in [0.5, 0.6) is 5.75 Å². The molecule has 3 aromatic rings. The van der Waals surface area contributed by atoms with Gasteiger partial charge in [0.2, 0.25) is 0 Å². The average Bonchev–Trinajstić information content (AvgIpc) is 3.45. The zero-order valence-corrected chi connectivity index (χ0v) is 22.1. The van der Waals surface area contributed by atoms with Crippen LogP contribution in [0, 0.1) is 26.2 Å². The number of amides is 2. The zero-order valence-electron chi connectivity index (χ0n) is 22.1. The zero-order chi connectivity index (χ0) is 26.0. The molecule has 0 aliphatic carbocycles.